The van der Waals surface area contributed by atoms with Gasteiger partial charge in [-0.15, -0.1) is 0 Å². The van der Waals surface area contributed by atoms with Crippen molar-refractivity contribution in [1.29, 1.82) is 5.26 Å². The number of nitrogens with zero attached hydrogens (tertiary/aromatic N) is 1. The number of rotatable bonds is 2. The number of ether oxygens (including phenoxy) is 1. The first-order valence-corrected chi connectivity index (χ1v) is 6.61. The van der Waals surface area contributed by atoms with Crippen molar-refractivity contribution in [2.24, 2.45) is 5.73 Å². The minimum atomic E-state index is 0.447. The summed E-state index contributed by atoms with van der Waals surface area (Å²) >= 11 is 6.07. The van der Waals surface area contributed by atoms with Gasteiger partial charge in [-0.2, -0.15) is 5.26 Å². The van der Waals surface area contributed by atoms with E-state index >= 15 is 0 Å². The summed E-state index contributed by atoms with van der Waals surface area (Å²) in [5.74, 6) is 0.760. The highest BCUT2D eigenvalue weighted by Crippen LogP contribution is 2.38. The van der Waals surface area contributed by atoms with E-state index in [0.717, 1.165) is 21.8 Å². The summed E-state index contributed by atoms with van der Waals surface area (Å²) in [6, 6.07) is 9.57. The van der Waals surface area contributed by atoms with Crippen LogP contribution in [0.1, 0.15) is 5.56 Å². The molecular formula is C14H10N2OS2. The van der Waals surface area contributed by atoms with Gasteiger partial charge in [-0.1, -0.05) is 23.9 Å². The normalized spacial score (nSPS) is 14.5. The quantitative estimate of drug-likeness (QED) is 0.847. The van der Waals surface area contributed by atoms with Crippen molar-refractivity contribution in [2.45, 2.75) is 0 Å². The number of nitriles is 1. The van der Waals surface area contributed by atoms with Crippen molar-refractivity contribution < 1.29 is 4.74 Å². The fraction of sp³-hybridized carbons (Fsp3) is 0.0714. The molecule has 19 heavy (non-hydrogen) atoms. The maximum atomic E-state index is 9.23. The number of methoxy groups -OCH3 is 1. The summed E-state index contributed by atoms with van der Waals surface area (Å²) in [7, 11) is 1.61. The molecular weight excluding hydrogens is 276 g/mol. The first-order valence-electron chi connectivity index (χ1n) is 5.39. The van der Waals surface area contributed by atoms with Crippen molar-refractivity contribution in [1.82, 2.24) is 0 Å². The van der Waals surface area contributed by atoms with E-state index in [9.17, 15) is 5.26 Å². The molecule has 0 aromatic heterocycles. The van der Waals surface area contributed by atoms with Gasteiger partial charge in [0.1, 0.15) is 11.8 Å². The molecule has 0 amide bonds. The molecule has 0 unspecified atom stereocenters. The van der Waals surface area contributed by atoms with Crippen LogP contribution >= 0.6 is 24.0 Å². The molecule has 1 heterocycles. The van der Waals surface area contributed by atoms with Crippen molar-refractivity contribution in [3.63, 3.8) is 0 Å². The van der Waals surface area contributed by atoms with Gasteiger partial charge in [-0.05, 0) is 41.0 Å². The van der Waals surface area contributed by atoms with Crippen molar-refractivity contribution in [2.75, 3.05) is 7.11 Å². The Hall–Kier alpha value is -1.99. The third-order valence-corrected chi connectivity index (χ3v) is 3.84. The van der Waals surface area contributed by atoms with E-state index in [2.05, 4.69) is 11.1 Å². The Kier molecular flexibility index (Phi) is 4.08. The summed E-state index contributed by atoms with van der Waals surface area (Å²) in [6.45, 7) is 0. The van der Waals surface area contributed by atoms with Gasteiger partial charge in [0.2, 0.25) is 0 Å². The number of hydrogen-bond donors (Lipinski definition) is 1. The fourth-order valence-corrected chi connectivity index (χ4v) is 2.60. The maximum Gasteiger partial charge on any atom is 0.118 e. The minimum absolute atomic E-state index is 0.447. The third kappa shape index (κ3) is 2.72. The van der Waals surface area contributed by atoms with Crippen LogP contribution in [0.15, 0.2) is 45.8 Å². The van der Waals surface area contributed by atoms with Crippen LogP contribution in [0.4, 0.5) is 0 Å². The Morgan fingerprint density at radius 2 is 2.00 bits per heavy atom. The van der Waals surface area contributed by atoms with Gasteiger partial charge in [0.15, 0.2) is 0 Å². The number of thioether (sulfide) groups is 1. The molecule has 0 atom stereocenters. The molecule has 5 heteroatoms. The Balaban J connectivity index is 2.53. The molecule has 0 saturated heterocycles. The zero-order valence-corrected chi connectivity index (χ0v) is 11.8. The molecule has 3 nitrogen and oxygen atoms in total. The van der Waals surface area contributed by atoms with E-state index in [1.165, 1.54) is 11.8 Å². The van der Waals surface area contributed by atoms with Crippen LogP contribution in [0.5, 0.6) is 5.75 Å². The molecule has 0 radical (unpaired) electrons. The Bertz CT molecular complexity index is 660. The lowest BCUT2D eigenvalue weighted by Crippen LogP contribution is -2.04. The molecule has 0 saturated carbocycles. The molecule has 1 aliphatic heterocycles. The number of hydrogen-bond acceptors (Lipinski definition) is 5. The smallest absolute Gasteiger partial charge is 0.118 e. The maximum absolute atomic E-state index is 9.23. The molecule has 0 spiro atoms. The second kappa shape index (κ2) is 5.77. The van der Waals surface area contributed by atoms with Gasteiger partial charge in [0.05, 0.1) is 22.6 Å². The lowest BCUT2D eigenvalue weighted by molar-refractivity contribution is 0.415. The summed E-state index contributed by atoms with van der Waals surface area (Å²) in [6.07, 6.45) is 1.83. The monoisotopic (exact) mass is 286 g/mol. The zero-order valence-electron chi connectivity index (χ0n) is 10.1. The first kappa shape index (κ1) is 13.4. The highest BCUT2D eigenvalue weighted by Gasteiger charge is 2.19. The van der Waals surface area contributed by atoms with Crippen molar-refractivity contribution in [3.05, 3.63) is 51.4 Å². The van der Waals surface area contributed by atoms with Crippen LogP contribution in [0.3, 0.4) is 0 Å². The predicted molar refractivity (Wildman–Crippen MR) is 81.5 cm³/mol. The molecule has 94 valence electrons. The standard InChI is InChI=1S/C14H10N2OS2/c1-17-10-4-2-9(3-5-10)12-6-11(8-18)19-14(16)13(12)7-15/h2-6H,16H2,1H3. The Labute approximate surface area is 121 Å². The van der Waals surface area contributed by atoms with Gasteiger partial charge in [0, 0.05) is 5.57 Å². The van der Waals surface area contributed by atoms with E-state index in [4.69, 9.17) is 22.7 Å². The number of nitrogens with two attached hydrogens (primary N) is 1. The van der Waals surface area contributed by atoms with Crippen LogP contribution in [0.25, 0.3) is 5.57 Å². The summed E-state index contributed by atoms with van der Waals surface area (Å²) in [5, 5.41) is 12.3. The highest BCUT2D eigenvalue weighted by molar-refractivity contribution is 8.07. The molecule has 2 rings (SSSR count). The third-order valence-electron chi connectivity index (χ3n) is 2.62. The SMILES string of the molecule is COc1ccc(C2=CC(=C=S)SC(N)=C2C#N)cc1. The van der Waals surface area contributed by atoms with Crippen LogP contribution < -0.4 is 10.5 Å². The van der Waals surface area contributed by atoms with Gasteiger partial charge in [0.25, 0.3) is 0 Å². The molecule has 0 bridgehead atoms. The summed E-state index contributed by atoms with van der Waals surface area (Å²) < 4.78 is 5.11. The fourth-order valence-electron chi connectivity index (χ4n) is 1.70. The Morgan fingerprint density at radius 3 is 2.53 bits per heavy atom. The second-order valence-corrected chi connectivity index (χ2v) is 4.99. The van der Waals surface area contributed by atoms with Crippen LogP contribution in [-0.4, -0.2) is 12.1 Å². The molecule has 1 aromatic rings. The van der Waals surface area contributed by atoms with Crippen LogP contribution in [0, 0.1) is 11.3 Å². The van der Waals surface area contributed by atoms with Gasteiger partial charge in [-0.25, -0.2) is 0 Å². The molecule has 0 aliphatic carbocycles. The van der Waals surface area contributed by atoms with Crippen LogP contribution in [-0.2, 0) is 0 Å². The second-order valence-electron chi connectivity index (χ2n) is 3.71. The van der Waals surface area contributed by atoms with E-state index in [1.54, 1.807) is 7.11 Å². The van der Waals surface area contributed by atoms with Gasteiger partial charge >= 0.3 is 0 Å². The van der Waals surface area contributed by atoms with E-state index in [0.29, 0.717) is 10.6 Å². The van der Waals surface area contributed by atoms with Gasteiger partial charge < -0.3 is 10.5 Å². The lowest BCUT2D eigenvalue weighted by Gasteiger charge is -2.15. The molecule has 0 fully saturated rings. The van der Waals surface area contributed by atoms with Crippen molar-refractivity contribution >= 4 is 34.6 Å². The largest absolute Gasteiger partial charge is 0.497 e. The Morgan fingerprint density at radius 1 is 1.32 bits per heavy atom. The van der Waals surface area contributed by atoms with Crippen molar-refractivity contribution in [3.8, 4) is 11.8 Å². The molecule has 1 aliphatic rings. The average molecular weight is 286 g/mol. The van der Waals surface area contributed by atoms with E-state index in [1.807, 2.05) is 30.3 Å². The molecule has 1 aromatic carbocycles. The average Bonchev–Trinajstić information content (AvgIpc) is 2.46. The van der Waals surface area contributed by atoms with E-state index < -0.39 is 0 Å². The molecule has 2 N–H and O–H groups in total. The zero-order chi connectivity index (χ0) is 13.8. The van der Waals surface area contributed by atoms with Crippen LogP contribution in [0.2, 0.25) is 0 Å². The highest BCUT2D eigenvalue weighted by atomic mass is 32.2. The topological polar surface area (TPSA) is 59.0 Å². The first-order chi connectivity index (χ1) is 9.19. The number of allylic oxidation sites excluding steroid dienone is 3. The summed E-state index contributed by atoms with van der Waals surface area (Å²) in [5.41, 5.74) is 8.00. The minimum Gasteiger partial charge on any atom is -0.497 e. The summed E-state index contributed by atoms with van der Waals surface area (Å²) in [4.78, 5) is 0.734. The van der Waals surface area contributed by atoms with Gasteiger partial charge in [-0.3, -0.25) is 0 Å². The lowest BCUT2D eigenvalue weighted by atomic mass is 9.98. The number of thiocarbonyl (C=S) groups is 1. The number of benzene rings is 1. The van der Waals surface area contributed by atoms with E-state index in [-0.39, 0.29) is 0 Å². The predicted octanol–water partition coefficient (Wildman–Crippen LogP) is 3.00.